The molecular formula is C16H26O4S. The molecule has 0 saturated heterocycles. The van der Waals surface area contributed by atoms with Gasteiger partial charge in [0.2, 0.25) is 5.75 Å². The fourth-order valence-corrected chi connectivity index (χ4v) is 2.64. The summed E-state index contributed by atoms with van der Waals surface area (Å²) in [7, 11) is 4.77. The Bertz CT molecular complexity index is 411. The Balaban J connectivity index is 2.99. The minimum Gasteiger partial charge on any atom is -0.493 e. The molecule has 4 nitrogen and oxygen atoms in total. The molecular weight excluding hydrogens is 288 g/mol. The van der Waals surface area contributed by atoms with Crippen LogP contribution in [0.4, 0.5) is 0 Å². The van der Waals surface area contributed by atoms with E-state index in [1.807, 2.05) is 12.1 Å². The van der Waals surface area contributed by atoms with Crippen LogP contribution in [0.5, 0.6) is 23.0 Å². The van der Waals surface area contributed by atoms with Gasteiger partial charge in [0, 0.05) is 17.5 Å². The van der Waals surface area contributed by atoms with Gasteiger partial charge in [-0.2, -0.15) is 12.6 Å². The van der Waals surface area contributed by atoms with Crippen molar-refractivity contribution in [3.05, 3.63) is 12.1 Å². The van der Waals surface area contributed by atoms with Crippen LogP contribution in [0.25, 0.3) is 0 Å². The molecule has 0 aromatic heterocycles. The Morgan fingerprint density at radius 2 is 1.48 bits per heavy atom. The average molecular weight is 314 g/mol. The summed E-state index contributed by atoms with van der Waals surface area (Å²) in [6.07, 6.45) is 2.05. The Morgan fingerprint density at radius 3 is 1.81 bits per heavy atom. The van der Waals surface area contributed by atoms with Crippen LogP contribution in [-0.4, -0.2) is 33.7 Å². The van der Waals surface area contributed by atoms with E-state index < -0.39 is 0 Å². The van der Waals surface area contributed by atoms with Crippen molar-refractivity contribution in [2.75, 3.05) is 33.7 Å². The summed E-state index contributed by atoms with van der Waals surface area (Å²) in [5.74, 6) is 3.26. The molecule has 0 unspecified atom stereocenters. The van der Waals surface area contributed by atoms with Crippen LogP contribution in [0, 0.1) is 5.41 Å². The standard InChI is InChI=1S/C16H26O4S/c1-6-16(7-2,11-21)10-20-12-8-13(17-3)15(19-5)14(9-12)18-4/h8-9,21H,6-7,10-11H2,1-5H3. The molecule has 0 spiro atoms. The maximum Gasteiger partial charge on any atom is 0.203 e. The van der Waals surface area contributed by atoms with E-state index in [1.165, 1.54) is 0 Å². The first-order chi connectivity index (χ1) is 10.1. The van der Waals surface area contributed by atoms with Gasteiger partial charge in [0.25, 0.3) is 0 Å². The quantitative estimate of drug-likeness (QED) is 0.703. The van der Waals surface area contributed by atoms with E-state index in [-0.39, 0.29) is 5.41 Å². The number of methoxy groups -OCH3 is 3. The normalized spacial score (nSPS) is 11.1. The molecule has 0 N–H and O–H groups in total. The molecule has 0 fully saturated rings. The molecule has 21 heavy (non-hydrogen) atoms. The second-order valence-corrected chi connectivity index (χ2v) is 5.33. The van der Waals surface area contributed by atoms with Crippen molar-refractivity contribution in [1.29, 1.82) is 0 Å². The number of hydrogen-bond donors (Lipinski definition) is 1. The smallest absolute Gasteiger partial charge is 0.203 e. The van der Waals surface area contributed by atoms with Gasteiger partial charge < -0.3 is 18.9 Å². The van der Waals surface area contributed by atoms with Crippen molar-refractivity contribution in [3.63, 3.8) is 0 Å². The van der Waals surface area contributed by atoms with Gasteiger partial charge in [-0.05, 0) is 18.6 Å². The van der Waals surface area contributed by atoms with Crippen LogP contribution >= 0.6 is 12.6 Å². The van der Waals surface area contributed by atoms with Crippen molar-refractivity contribution in [3.8, 4) is 23.0 Å². The molecule has 0 radical (unpaired) electrons. The number of rotatable bonds is 9. The summed E-state index contributed by atoms with van der Waals surface area (Å²) in [5.41, 5.74) is 0.0868. The third-order valence-corrected chi connectivity index (χ3v) is 4.69. The van der Waals surface area contributed by atoms with Crippen molar-refractivity contribution < 1.29 is 18.9 Å². The second kappa shape index (κ2) is 8.27. The summed E-state index contributed by atoms with van der Waals surface area (Å²) in [5, 5.41) is 0. The van der Waals surface area contributed by atoms with Gasteiger partial charge in [0.05, 0.1) is 27.9 Å². The van der Waals surface area contributed by atoms with Gasteiger partial charge in [-0.3, -0.25) is 0 Å². The average Bonchev–Trinajstić information content (AvgIpc) is 2.55. The van der Waals surface area contributed by atoms with Gasteiger partial charge in [0.15, 0.2) is 11.5 Å². The van der Waals surface area contributed by atoms with E-state index >= 15 is 0 Å². The molecule has 0 atom stereocenters. The third kappa shape index (κ3) is 4.13. The maximum absolute atomic E-state index is 5.96. The minimum absolute atomic E-state index is 0.0868. The summed E-state index contributed by atoms with van der Waals surface area (Å²) >= 11 is 4.47. The zero-order valence-corrected chi connectivity index (χ0v) is 14.5. The zero-order chi connectivity index (χ0) is 15.9. The van der Waals surface area contributed by atoms with Crippen molar-refractivity contribution in [1.82, 2.24) is 0 Å². The first-order valence-corrected chi connectivity index (χ1v) is 7.76. The highest BCUT2D eigenvalue weighted by atomic mass is 32.1. The van der Waals surface area contributed by atoms with Crippen LogP contribution < -0.4 is 18.9 Å². The van der Waals surface area contributed by atoms with Gasteiger partial charge in [-0.1, -0.05) is 13.8 Å². The lowest BCUT2D eigenvalue weighted by atomic mass is 9.85. The molecule has 1 aromatic rings. The highest BCUT2D eigenvalue weighted by molar-refractivity contribution is 7.80. The monoisotopic (exact) mass is 314 g/mol. The van der Waals surface area contributed by atoms with E-state index in [9.17, 15) is 0 Å². The molecule has 0 aliphatic heterocycles. The minimum atomic E-state index is 0.0868. The number of hydrogen-bond acceptors (Lipinski definition) is 5. The van der Waals surface area contributed by atoms with E-state index in [2.05, 4.69) is 26.5 Å². The van der Waals surface area contributed by atoms with E-state index in [0.717, 1.165) is 18.6 Å². The van der Waals surface area contributed by atoms with Crippen LogP contribution in [0.15, 0.2) is 12.1 Å². The maximum atomic E-state index is 5.96. The number of thiol groups is 1. The number of benzene rings is 1. The highest BCUT2D eigenvalue weighted by Crippen LogP contribution is 2.41. The van der Waals surface area contributed by atoms with Crippen LogP contribution in [0.2, 0.25) is 0 Å². The Morgan fingerprint density at radius 1 is 0.952 bits per heavy atom. The molecule has 0 saturated carbocycles. The summed E-state index contributed by atoms with van der Waals surface area (Å²) in [4.78, 5) is 0. The first kappa shape index (κ1) is 17.8. The molecule has 1 rings (SSSR count). The third-order valence-electron chi connectivity index (χ3n) is 4.02. The van der Waals surface area contributed by atoms with Gasteiger partial charge in [-0.15, -0.1) is 0 Å². The second-order valence-electron chi connectivity index (χ2n) is 5.01. The Kier molecular flexibility index (Phi) is 7.02. The lowest BCUT2D eigenvalue weighted by molar-refractivity contribution is 0.156. The molecule has 0 aliphatic rings. The molecule has 1 aromatic carbocycles. The molecule has 0 heterocycles. The van der Waals surface area contributed by atoms with Crippen LogP contribution in [-0.2, 0) is 0 Å². The Hall–Kier alpha value is -1.23. The first-order valence-electron chi connectivity index (χ1n) is 7.13. The van der Waals surface area contributed by atoms with Crippen molar-refractivity contribution >= 4 is 12.6 Å². The fourth-order valence-electron chi connectivity index (χ4n) is 2.10. The largest absolute Gasteiger partial charge is 0.493 e. The van der Waals surface area contributed by atoms with E-state index in [1.54, 1.807) is 21.3 Å². The van der Waals surface area contributed by atoms with Crippen LogP contribution in [0.3, 0.4) is 0 Å². The van der Waals surface area contributed by atoms with Gasteiger partial charge in [0.1, 0.15) is 5.75 Å². The highest BCUT2D eigenvalue weighted by Gasteiger charge is 2.26. The Labute approximate surface area is 133 Å². The van der Waals surface area contributed by atoms with Crippen LogP contribution in [0.1, 0.15) is 26.7 Å². The molecule has 120 valence electrons. The lowest BCUT2D eigenvalue weighted by Crippen LogP contribution is -2.29. The van der Waals surface area contributed by atoms with Crippen molar-refractivity contribution in [2.24, 2.45) is 5.41 Å². The molecule has 5 heteroatoms. The lowest BCUT2D eigenvalue weighted by Gasteiger charge is -2.29. The predicted octanol–water partition coefficient (Wildman–Crippen LogP) is 3.83. The van der Waals surface area contributed by atoms with Gasteiger partial charge in [-0.25, -0.2) is 0 Å². The number of ether oxygens (including phenoxy) is 4. The summed E-state index contributed by atoms with van der Waals surface area (Å²) < 4.78 is 21.9. The van der Waals surface area contributed by atoms with Gasteiger partial charge >= 0.3 is 0 Å². The van der Waals surface area contributed by atoms with Crippen molar-refractivity contribution in [2.45, 2.75) is 26.7 Å². The predicted molar refractivity (Wildman–Crippen MR) is 88.5 cm³/mol. The SMILES string of the molecule is CCC(CC)(CS)COc1cc(OC)c(OC)c(OC)c1. The molecule has 0 amide bonds. The summed E-state index contributed by atoms with van der Waals surface area (Å²) in [6.45, 7) is 4.94. The summed E-state index contributed by atoms with van der Waals surface area (Å²) in [6, 6.07) is 3.63. The zero-order valence-electron chi connectivity index (χ0n) is 13.6. The van der Waals surface area contributed by atoms with E-state index in [0.29, 0.717) is 29.6 Å². The molecule has 0 bridgehead atoms. The topological polar surface area (TPSA) is 36.9 Å². The van der Waals surface area contributed by atoms with E-state index in [4.69, 9.17) is 18.9 Å². The molecule has 0 aliphatic carbocycles. The fraction of sp³-hybridized carbons (Fsp3) is 0.625.